The summed E-state index contributed by atoms with van der Waals surface area (Å²) in [5, 5.41) is 0.940. The summed E-state index contributed by atoms with van der Waals surface area (Å²) in [7, 11) is 1.48. The van der Waals surface area contributed by atoms with Gasteiger partial charge in [-0.25, -0.2) is 4.39 Å². The van der Waals surface area contributed by atoms with Crippen LogP contribution < -0.4 is 4.74 Å². The predicted molar refractivity (Wildman–Crippen MR) is 76.9 cm³/mol. The van der Waals surface area contributed by atoms with Crippen LogP contribution in [0, 0.1) is 5.82 Å². The highest BCUT2D eigenvalue weighted by molar-refractivity contribution is 9.09. The van der Waals surface area contributed by atoms with Crippen molar-refractivity contribution in [3.63, 3.8) is 0 Å². The number of nitrogens with zero attached hydrogens (tertiary/aromatic N) is 1. The van der Waals surface area contributed by atoms with Crippen molar-refractivity contribution in [1.82, 2.24) is 4.90 Å². The first kappa shape index (κ1) is 15.4. The molecule has 0 fully saturated rings. The van der Waals surface area contributed by atoms with E-state index in [2.05, 4.69) is 27.8 Å². The van der Waals surface area contributed by atoms with E-state index < -0.39 is 0 Å². The Hall–Kier alpha value is -0.610. The van der Waals surface area contributed by atoms with Gasteiger partial charge < -0.3 is 4.74 Å². The fourth-order valence-corrected chi connectivity index (χ4v) is 2.34. The van der Waals surface area contributed by atoms with Gasteiger partial charge in [0.05, 0.1) is 7.11 Å². The Kier molecular flexibility index (Phi) is 7.28. The summed E-state index contributed by atoms with van der Waals surface area (Å²) in [5.74, 6) is 0.0173. The largest absolute Gasteiger partial charge is 0.494 e. The Bertz CT molecular complexity index is 360. The van der Waals surface area contributed by atoms with Crippen LogP contribution in [0.2, 0.25) is 0 Å². The van der Waals surface area contributed by atoms with Gasteiger partial charge in [0.25, 0.3) is 0 Å². The molecular weight excluding hydrogens is 297 g/mol. The number of rotatable bonds is 8. The summed E-state index contributed by atoms with van der Waals surface area (Å²) in [6, 6.07) is 5.18. The molecule has 0 N–H and O–H groups in total. The summed E-state index contributed by atoms with van der Waals surface area (Å²) >= 11 is 3.46. The van der Waals surface area contributed by atoms with E-state index in [1.165, 1.54) is 20.0 Å². The lowest BCUT2D eigenvalue weighted by atomic mass is 10.2. The van der Waals surface area contributed by atoms with Crippen LogP contribution in [0.25, 0.3) is 0 Å². The number of ether oxygens (including phenoxy) is 1. The van der Waals surface area contributed by atoms with Crippen molar-refractivity contribution >= 4 is 15.9 Å². The molecule has 0 heterocycles. The molecule has 4 heteroatoms. The molecule has 0 saturated heterocycles. The molecule has 0 aliphatic rings. The van der Waals surface area contributed by atoms with Crippen LogP contribution in [0.1, 0.15) is 25.3 Å². The lowest BCUT2D eigenvalue weighted by molar-refractivity contribution is 0.277. The molecule has 102 valence electrons. The zero-order chi connectivity index (χ0) is 13.4. The van der Waals surface area contributed by atoms with E-state index in [4.69, 9.17) is 4.74 Å². The van der Waals surface area contributed by atoms with E-state index in [1.807, 2.05) is 6.07 Å². The topological polar surface area (TPSA) is 12.5 Å². The number of benzene rings is 1. The Morgan fingerprint density at radius 1 is 1.33 bits per heavy atom. The maximum absolute atomic E-state index is 13.6. The van der Waals surface area contributed by atoms with Gasteiger partial charge in [-0.1, -0.05) is 35.3 Å². The minimum Gasteiger partial charge on any atom is -0.494 e. The zero-order valence-corrected chi connectivity index (χ0v) is 12.7. The van der Waals surface area contributed by atoms with Crippen LogP contribution in [0.5, 0.6) is 5.75 Å². The van der Waals surface area contributed by atoms with Crippen LogP contribution in [0.15, 0.2) is 18.2 Å². The van der Waals surface area contributed by atoms with E-state index in [0.29, 0.717) is 5.75 Å². The summed E-state index contributed by atoms with van der Waals surface area (Å²) < 4.78 is 18.5. The molecule has 0 spiro atoms. The van der Waals surface area contributed by atoms with Crippen molar-refractivity contribution in [3.8, 4) is 5.75 Å². The van der Waals surface area contributed by atoms with Crippen LogP contribution in [0.3, 0.4) is 0 Å². The first-order valence-corrected chi connectivity index (χ1v) is 7.44. The highest BCUT2D eigenvalue weighted by Gasteiger charge is 2.08. The van der Waals surface area contributed by atoms with E-state index in [1.54, 1.807) is 12.1 Å². The molecule has 0 amide bonds. The predicted octanol–water partition coefficient (Wildman–Crippen LogP) is 3.83. The Labute approximate surface area is 117 Å². The van der Waals surface area contributed by atoms with Crippen LogP contribution >= 0.6 is 15.9 Å². The number of hydrogen-bond donors (Lipinski definition) is 0. The standard InChI is InChI=1S/C14H21BrFNO/c1-3-4-8-17(9-7-15)11-12-5-6-14(18-2)13(16)10-12/h5-6,10H,3-4,7-9,11H2,1-2H3. The third kappa shape index (κ3) is 4.94. The minimum atomic E-state index is -0.288. The molecule has 0 atom stereocenters. The number of methoxy groups -OCH3 is 1. The third-order valence-electron chi connectivity index (χ3n) is 2.85. The van der Waals surface area contributed by atoms with Gasteiger partial charge in [-0.2, -0.15) is 0 Å². The lowest BCUT2D eigenvalue weighted by Crippen LogP contribution is -2.26. The third-order valence-corrected chi connectivity index (χ3v) is 3.21. The number of halogens is 2. The Morgan fingerprint density at radius 2 is 2.11 bits per heavy atom. The summed E-state index contributed by atoms with van der Waals surface area (Å²) in [6.45, 7) is 5.00. The molecule has 1 aromatic rings. The molecule has 2 nitrogen and oxygen atoms in total. The van der Waals surface area contributed by atoms with Gasteiger partial charge in [-0.15, -0.1) is 0 Å². The molecule has 0 saturated carbocycles. The van der Waals surface area contributed by atoms with Gasteiger partial charge in [-0.3, -0.25) is 4.90 Å². The van der Waals surface area contributed by atoms with Gasteiger partial charge in [0.15, 0.2) is 11.6 Å². The first-order chi connectivity index (χ1) is 8.71. The van der Waals surface area contributed by atoms with Crippen molar-refractivity contribution in [2.24, 2.45) is 0 Å². The van der Waals surface area contributed by atoms with Gasteiger partial charge in [0, 0.05) is 18.4 Å². The van der Waals surface area contributed by atoms with E-state index >= 15 is 0 Å². The molecule has 0 aliphatic carbocycles. The summed E-state index contributed by atoms with van der Waals surface area (Å²) in [5.41, 5.74) is 0.991. The molecule has 0 aromatic heterocycles. The molecule has 0 radical (unpaired) electrons. The fraction of sp³-hybridized carbons (Fsp3) is 0.571. The van der Waals surface area contributed by atoms with E-state index in [-0.39, 0.29) is 5.82 Å². The fourth-order valence-electron chi connectivity index (χ4n) is 1.84. The monoisotopic (exact) mass is 317 g/mol. The van der Waals surface area contributed by atoms with E-state index in [0.717, 1.165) is 30.5 Å². The molecular formula is C14H21BrFNO. The molecule has 18 heavy (non-hydrogen) atoms. The van der Waals surface area contributed by atoms with Gasteiger partial charge in [0.1, 0.15) is 0 Å². The van der Waals surface area contributed by atoms with Crippen molar-refractivity contribution in [1.29, 1.82) is 0 Å². The maximum Gasteiger partial charge on any atom is 0.165 e. The lowest BCUT2D eigenvalue weighted by Gasteiger charge is -2.21. The number of unbranched alkanes of at least 4 members (excludes halogenated alkanes) is 1. The number of alkyl halides is 1. The van der Waals surface area contributed by atoms with Gasteiger partial charge in [-0.05, 0) is 30.7 Å². The second-order valence-electron chi connectivity index (χ2n) is 4.29. The Balaban J connectivity index is 2.64. The minimum absolute atomic E-state index is 0.288. The summed E-state index contributed by atoms with van der Waals surface area (Å²) in [4.78, 5) is 2.33. The highest BCUT2D eigenvalue weighted by atomic mass is 79.9. The molecule has 1 aromatic carbocycles. The van der Waals surface area contributed by atoms with Crippen LogP contribution in [-0.2, 0) is 6.54 Å². The molecule has 0 bridgehead atoms. The van der Waals surface area contributed by atoms with Crippen molar-refractivity contribution < 1.29 is 9.13 Å². The zero-order valence-electron chi connectivity index (χ0n) is 11.1. The SMILES string of the molecule is CCCCN(CCBr)Cc1ccc(OC)c(F)c1. The van der Waals surface area contributed by atoms with Crippen molar-refractivity contribution in [2.75, 3.05) is 25.5 Å². The van der Waals surface area contributed by atoms with E-state index in [9.17, 15) is 4.39 Å². The smallest absolute Gasteiger partial charge is 0.165 e. The average molecular weight is 318 g/mol. The second-order valence-corrected chi connectivity index (χ2v) is 5.08. The quantitative estimate of drug-likeness (QED) is 0.676. The van der Waals surface area contributed by atoms with Gasteiger partial charge in [0.2, 0.25) is 0 Å². The van der Waals surface area contributed by atoms with Crippen LogP contribution in [-0.4, -0.2) is 30.4 Å². The molecule has 1 rings (SSSR count). The molecule has 0 unspecified atom stereocenters. The van der Waals surface area contributed by atoms with Gasteiger partial charge >= 0.3 is 0 Å². The normalized spacial score (nSPS) is 10.9. The maximum atomic E-state index is 13.6. The Morgan fingerprint density at radius 3 is 2.67 bits per heavy atom. The average Bonchev–Trinajstić information content (AvgIpc) is 2.36. The number of hydrogen-bond acceptors (Lipinski definition) is 2. The molecule has 0 aliphatic heterocycles. The second kappa shape index (κ2) is 8.48. The van der Waals surface area contributed by atoms with Crippen LogP contribution in [0.4, 0.5) is 4.39 Å². The van der Waals surface area contributed by atoms with Crippen molar-refractivity contribution in [3.05, 3.63) is 29.6 Å². The first-order valence-electron chi connectivity index (χ1n) is 6.32. The highest BCUT2D eigenvalue weighted by Crippen LogP contribution is 2.18. The summed E-state index contributed by atoms with van der Waals surface area (Å²) in [6.07, 6.45) is 2.35. The van der Waals surface area contributed by atoms with Crippen molar-refractivity contribution in [2.45, 2.75) is 26.3 Å².